The molecule has 0 unspecified atom stereocenters. The maximum atomic E-state index is 10.9. The summed E-state index contributed by atoms with van der Waals surface area (Å²) in [7, 11) is 0. The van der Waals surface area contributed by atoms with E-state index in [0.717, 1.165) is 11.1 Å². The van der Waals surface area contributed by atoms with E-state index >= 15 is 0 Å². The Morgan fingerprint density at radius 3 is 2.42 bits per heavy atom. The molecule has 0 bridgehead atoms. The number of aryl methyl sites for hydroxylation is 3. The highest BCUT2D eigenvalue weighted by atomic mass is 16.5. The van der Waals surface area contributed by atoms with E-state index in [1.54, 1.807) is 32.9 Å². The van der Waals surface area contributed by atoms with Gasteiger partial charge in [0.05, 0.1) is 5.56 Å². The number of rotatable bonds is 4. The van der Waals surface area contributed by atoms with Crippen LogP contribution in [-0.4, -0.2) is 21.2 Å². The first kappa shape index (κ1) is 13.1. The summed E-state index contributed by atoms with van der Waals surface area (Å²) >= 11 is 0. The second-order valence-electron chi connectivity index (χ2n) is 4.27. The highest BCUT2D eigenvalue weighted by molar-refractivity contribution is 5.88. The topological polar surface area (TPSA) is 85.5 Å². The quantitative estimate of drug-likeness (QED) is 0.909. The van der Waals surface area contributed by atoms with E-state index in [4.69, 9.17) is 14.4 Å². The lowest BCUT2D eigenvalue weighted by atomic mass is 10.1. The molecule has 2 rings (SSSR count). The van der Waals surface area contributed by atoms with Gasteiger partial charge in [0.25, 0.3) is 5.89 Å². The van der Waals surface area contributed by atoms with Crippen molar-refractivity contribution in [3.8, 4) is 5.75 Å². The minimum Gasteiger partial charge on any atom is -0.483 e. The van der Waals surface area contributed by atoms with Crippen LogP contribution in [0.15, 0.2) is 16.7 Å². The number of carboxylic acid groups (broad SMARTS) is 1. The second-order valence-corrected chi connectivity index (χ2v) is 4.27. The number of hydrogen-bond acceptors (Lipinski definition) is 5. The van der Waals surface area contributed by atoms with Gasteiger partial charge in [0, 0.05) is 0 Å². The van der Waals surface area contributed by atoms with Crippen LogP contribution < -0.4 is 4.74 Å². The monoisotopic (exact) mass is 262 g/mol. The number of ether oxygens (including phenoxy) is 1. The van der Waals surface area contributed by atoms with Crippen LogP contribution in [0.1, 0.15) is 33.2 Å². The van der Waals surface area contributed by atoms with Crippen LogP contribution in [0.25, 0.3) is 0 Å². The molecule has 0 fully saturated rings. The van der Waals surface area contributed by atoms with Crippen molar-refractivity contribution in [2.75, 3.05) is 0 Å². The molecule has 0 radical (unpaired) electrons. The van der Waals surface area contributed by atoms with E-state index in [1.807, 2.05) is 0 Å². The van der Waals surface area contributed by atoms with Crippen molar-refractivity contribution in [2.24, 2.45) is 0 Å². The molecule has 0 saturated carbocycles. The molecule has 100 valence electrons. The maximum absolute atomic E-state index is 10.9. The van der Waals surface area contributed by atoms with Crippen molar-refractivity contribution >= 4 is 5.97 Å². The number of benzene rings is 1. The third kappa shape index (κ3) is 2.90. The lowest BCUT2D eigenvalue weighted by Gasteiger charge is -2.11. The predicted molar refractivity (Wildman–Crippen MR) is 66.2 cm³/mol. The zero-order valence-electron chi connectivity index (χ0n) is 10.9. The van der Waals surface area contributed by atoms with Crippen molar-refractivity contribution in [1.29, 1.82) is 0 Å². The molecule has 19 heavy (non-hydrogen) atoms. The molecule has 0 spiro atoms. The Kier molecular flexibility index (Phi) is 3.50. The van der Waals surface area contributed by atoms with E-state index in [9.17, 15) is 4.79 Å². The third-order valence-electron chi connectivity index (χ3n) is 2.62. The van der Waals surface area contributed by atoms with Crippen molar-refractivity contribution in [3.05, 3.63) is 40.5 Å². The van der Waals surface area contributed by atoms with Gasteiger partial charge < -0.3 is 14.4 Å². The first-order valence-electron chi connectivity index (χ1n) is 5.74. The van der Waals surface area contributed by atoms with Crippen molar-refractivity contribution < 1.29 is 19.2 Å². The average molecular weight is 262 g/mol. The van der Waals surface area contributed by atoms with Crippen LogP contribution in [0, 0.1) is 20.8 Å². The van der Waals surface area contributed by atoms with Crippen molar-refractivity contribution in [3.63, 3.8) is 0 Å². The molecule has 2 aromatic rings. The van der Waals surface area contributed by atoms with E-state index in [0.29, 0.717) is 17.5 Å². The van der Waals surface area contributed by atoms with Crippen LogP contribution in [0.5, 0.6) is 5.75 Å². The molecule has 1 N–H and O–H groups in total. The van der Waals surface area contributed by atoms with Crippen LogP contribution in [0.4, 0.5) is 0 Å². The molecular formula is C13H14N2O4. The summed E-state index contributed by atoms with van der Waals surface area (Å²) < 4.78 is 10.6. The molecule has 0 amide bonds. The molecule has 0 atom stereocenters. The summed E-state index contributed by atoms with van der Waals surface area (Å²) in [4.78, 5) is 15.0. The molecular weight excluding hydrogens is 248 g/mol. The summed E-state index contributed by atoms with van der Waals surface area (Å²) in [5.41, 5.74) is 1.76. The fourth-order valence-electron chi connectivity index (χ4n) is 1.83. The Morgan fingerprint density at radius 2 is 1.95 bits per heavy atom. The van der Waals surface area contributed by atoms with E-state index in [1.165, 1.54) is 0 Å². The number of nitrogens with zero attached hydrogens (tertiary/aromatic N) is 2. The van der Waals surface area contributed by atoms with Gasteiger partial charge in [-0.15, -0.1) is 0 Å². The summed E-state index contributed by atoms with van der Waals surface area (Å²) in [6, 6.07) is 3.15. The Hall–Kier alpha value is -2.37. The lowest BCUT2D eigenvalue weighted by Crippen LogP contribution is -2.03. The van der Waals surface area contributed by atoms with E-state index in [2.05, 4.69) is 10.1 Å². The first-order valence-corrected chi connectivity index (χ1v) is 5.74. The summed E-state index contributed by atoms with van der Waals surface area (Å²) in [5.74, 6) is 0.623. The molecule has 0 aliphatic rings. The lowest BCUT2D eigenvalue weighted by molar-refractivity contribution is 0.0696. The molecule has 0 aliphatic carbocycles. The zero-order valence-corrected chi connectivity index (χ0v) is 10.9. The highest BCUT2D eigenvalue weighted by Crippen LogP contribution is 2.25. The first-order chi connectivity index (χ1) is 8.97. The Bertz CT molecular complexity index is 596. The normalized spacial score (nSPS) is 10.5. The smallest absolute Gasteiger partial charge is 0.335 e. The number of carboxylic acids is 1. The predicted octanol–water partition coefficient (Wildman–Crippen LogP) is 2.27. The standard InChI is InChI=1S/C13H14N2O4/c1-7-4-10(13(16)17)5-8(2)12(7)18-6-11-14-9(3)15-19-11/h4-5H,6H2,1-3H3,(H,16,17). The van der Waals surface area contributed by atoms with E-state index in [-0.39, 0.29) is 12.2 Å². The summed E-state index contributed by atoms with van der Waals surface area (Å²) in [6.07, 6.45) is 0. The van der Waals surface area contributed by atoms with E-state index < -0.39 is 5.97 Å². The molecule has 1 aromatic carbocycles. The highest BCUT2D eigenvalue weighted by Gasteiger charge is 2.12. The fraction of sp³-hybridized carbons (Fsp3) is 0.308. The Labute approximate surface area is 110 Å². The Morgan fingerprint density at radius 1 is 1.32 bits per heavy atom. The number of carbonyl (C=O) groups is 1. The number of aromatic carboxylic acids is 1. The van der Waals surface area contributed by atoms with Gasteiger partial charge in [-0.1, -0.05) is 5.16 Å². The van der Waals surface area contributed by atoms with Crippen molar-refractivity contribution in [1.82, 2.24) is 10.1 Å². The van der Waals surface area contributed by atoms with Gasteiger partial charge in [0.2, 0.25) is 0 Å². The minimum absolute atomic E-state index is 0.162. The van der Waals surface area contributed by atoms with Gasteiger partial charge in [0.15, 0.2) is 12.4 Å². The second kappa shape index (κ2) is 5.09. The average Bonchev–Trinajstić information content (AvgIpc) is 2.73. The Balaban J connectivity index is 2.18. The molecule has 1 aromatic heterocycles. The van der Waals surface area contributed by atoms with Gasteiger partial charge >= 0.3 is 5.97 Å². The van der Waals surface area contributed by atoms with Crippen molar-refractivity contribution in [2.45, 2.75) is 27.4 Å². The largest absolute Gasteiger partial charge is 0.483 e. The zero-order chi connectivity index (χ0) is 14.0. The third-order valence-corrected chi connectivity index (χ3v) is 2.62. The summed E-state index contributed by atoms with van der Waals surface area (Å²) in [5, 5.41) is 12.6. The molecule has 0 saturated heterocycles. The summed E-state index contributed by atoms with van der Waals surface area (Å²) in [6.45, 7) is 5.49. The minimum atomic E-state index is -0.953. The van der Waals surface area contributed by atoms with Crippen LogP contribution in [0.3, 0.4) is 0 Å². The molecule has 6 nitrogen and oxygen atoms in total. The van der Waals surface area contributed by atoms with Crippen LogP contribution >= 0.6 is 0 Å². The molecule has 6 heteroatoms. The molecule has 0 aliphatic heterocycles. The van der Waals surface area contributed by atoms with Crippen LogP contribution in [0.2, 0.25) is 0 Å². The van der Waals surface area contributed by atoms with Gasteiger partial charge in [-0.25, -0.2) is 4.79 Å². The fourth-order valence-corrected chi connectivity index (χ4v) is 1.83. The maximum Gasteiger partial charge on any atom is 0.335 e. The van der Waals surface area contributed by atoms with Gasteiger partial charge in [-0.3, -0.25) is 0 Å². The molecule has 1 heterocycles. The van der Waals surface area contributed by atoms with Gasteiger partial charge in [-0.2, -0.15) is 4.98 Å². The van der Waals surface area contributed by atoms with Crippen LogP contribution in [-0.2, 0) is 6.61 Å². The number of hydrogen-bond donors (Lipinski definition) is 1. The van der Waals surface area contributed by atoms with Gasteiger partial charge in [-0.05, 0) is 44.0 Å². The number of aromatic nitrogens is 2. The SMILES string of the molecule is Cc1noc(COc2c(C)cc(C(=O)O)cc2C)n1. The van der Waals surface area contributed by atoms with Gasteiger partial charge in [0.1, 0.15) is 5.75 Å².